The standard InChI is InChI=1S/C18H20N2O3/c21-17(20-8-9-23-16-7-3-6-15(16)20)11-13-10-12-4-1-2-5-14(12)19-18(13)22/h1-2,4-5,10,15-16H,3,6-9,11H2,(H,19,22). The predicted molar refractivity (Wildman–Crippen MR) is 87.4 cm³/mol. The lowest BCUT2D eigenvalue weighted by atomic mass is 10.1. The summed E-state index contributed by atoms with van der Waals surface area (Å²) >= 11 is 0. The minimum absolute atomic E-state index is 0.0333. The molecule has 1 saturated heterocycles. The number of hydrogen-bond acceptors (Lipinski definition) is 3. The van der Waals surface area contributed by atoms with Crippen LogP contribution >= 0.6 is 0 Å². The molecule has 5 nitrogen and oxygen atoms in total. The van der Waals surface area contributed by atoms with E-state index in [1.54, 1.807) is 0 Å². The number of hydrogen-bond donors (Lipinski definition) is 1. The van der Waals surface area contributed by atoms with Crippen molar-refractivity contribution in [2.24, 2.45) is 0 Å². The molecule has 2 aliphatic rings. The number of para-hydroxylation sites is 1. The molecule has 4 rings (SSSR count). The van der Waals surface area contributed by atoms with Crippen molar-refractivity contribution in [3.05, 3.63) is 46.2 Å². The van der Waals surface area contributed by atoms with Crippen LogP contribution in [0.2, 0.25) is 0 Å². The number of rotatable bonds is 2. The van der Waals surface area contributed by atoms with Crippen molar-refractivity contribution < 1.29 is 9.53 Å². The SMILES string of the molecule is O=C(Cc1cc2ccccc2[nH]c1=O)N1CCOC2CCCC21. The number of fused-ring (bicyclic) bond motifs is 2. The van der Waals surface area contributed by atoms with E-state index in [0.29, 0.717) is 18.7 Å². The third-order valence-corrected chi connectivity index (χ3v) is 4.97. The van der Waals surface area contributed by atoms with Crippen LogP contribution in [0.15, 0.2) is 35.1 Å². The number of ether oxygens (including phenoxy) is 1. The molecule has 1 amide bonds. The van der Waals surface area contributed by atoms with Crippen molar-refractivity contribution in [1.82, 2.24) is 9.88 Å². The molecule has 1 saturated carbocycles. The first-order valence-corrected chi connectivity index (χ1v) is 8.24. The molecular weight excluding hydrogens is 292 g/mol. The Hall–Kier alpha value is -2.14. The maximum absolute atomic E-state index is 12.7. The quantitative estimate of drug-likeness (QED) is 0.920. The first-order valence-electron chi connectivity index (χ1n) is 8.24. The molecule has 1 aromatic carbocycles. The van der Waals surface area contributed by atoms with Crippen molar-refractivity contribution in [1.29, 1.82) is 0 Å². The van der Waals surface area contributed by atoms with Crippen LogP contribution in [0.1, 0.15) is 24.8 Å². The number of carbonyl (C=O) groups excluding carboxylic acids is 1. The van der Waals surface area contributed by atoms with Crippen molar-refractivity contribution in [2.75, 3.05) is 13.2 Å². The van der Waals surface area contributed by atoms with Crippen LogP contribution in [-0.2, 0) is 16.0 Å². The summed E-state index contributed by atoms with van der Waals surface area (Å²) in [5.41, 5.74) is 1.17. The zero-order valence-corrected chi connectivity index (χ0v) is 13.0. The molecule has 120 valence electrons. The Kier molecular flexibility index (Phi) is 3.65. The molecule has 0 radical (unpaired) electrons. The normalized spacial score (nSPS) is 23.9. The van der Waals surface area contributed by atoms with Gasteiger partial charge in [0, 0.05) is 17.6 Å². The maximum Gasteiger partial charge on any atom is 0.252 e. The Morgan fingerprint density at radius 2 is 2.17 bits per heavy atom. The van der Waals surface area contributed by atoms with Gasteiger partial charge < -0.3 is 14.6 Å². The summed E-state index contributed by atoms with van der Waals surface area (Å²) < 4.78 is 5.75. The number of H-pyrrole nitrogens is 1. The van der Waals surface area contributed by atoms with Crippen molar-refractivity contribution in [3.8, 4) is 0 Å². The molecule has 0 spiro atoms. The summed E-state index contributed by atoms with van der Waals surface area (Å²) in [5.74, 6) is 0.0333. The Balaban J connectivity index is 1.58. The van der Waals surface area contributed by atoms with Gasteiger partial charge in [-0.05, 0) is 36.8 Å². The molecule has 2 fully saturated rings. The fourth-order valence-corrected chi connectivity index (χ4v) is 3.82. The first-order chi connectivity index (χ1) is 11.2. The molecule has 2 heterocycles. The Morgan fingerprint density at radius 3 is 3.09 bits per heavy atom. The molecule has 2 atom stereocenters. The topological polar surface area (TPSA) is 62.4 Å². The number of morpholine rings is 1. The lowest BCUT2D eigenvalue weighted by molar-refractivity contribution is -0.143. The minimum Gasteiger partial charge on any atom is -0.374 e. The maximum atomic E-state index is 12.7. The highest BCUT2D eigenvalue weighted by Crippen LogP contribution is 2.30. The molecule has 2 unspecified atom stereocenters. The van der Waals surface area contributed by atoms with Gasteiger partial charge in [0.05, 0.1) is 25.2 Å². The van der Waals surface area contributed by atoms with Gasteiger partial charge in [-0.3, -0.25) is 9.59 Å². The number of amides is 1. The Bertz CT molecular complexity index is 798. The van der Waals surface area contributed by atoms with Gasteiger partial charge in [0.25, 0.3) is 5.56 Å². The average Bonchev–Trinajstić information content (AvgIpc) is 3.04. The van der Waals surface area contributed by atoms with Crippen molar-refractivity contribution >= 4 is 16.8 Å². The molecule has 1 aliphatic heterocycles. The van der Waals surface area contributed by atoms with Crippen LogP contribution in [0.3, 0.4) is 0 Å². The number of pyridine rings is 1. The highest BCUT2D eigenvalue weighted by Gasteiger charge is 2.38. The number of benzene rings is 1. The van der Waals surface area contributed by atoms with Gasteiger partial charge in [0.1, 0.15) is 0 Å². The third kappa shape index (κ3) is 2.65. The molecule has 2 aromatic rings. The fraction of sp³-hybridized carbons (Fsp3) is 0.444. The summed E-state index contributed by atoms with van der Waals surface area (Å²) in [6, 6.07) is 9.65. The second-order valence-electron chi connectivity index (χ2n) is 6.38. The number of carbonyl (C=O) groups is 1. The summed E-state index contributed by atoms with van der Waals surface area (Å²) in [6.45, 7) is 1.23. The fourth-order valence-electron chi connectivity index (χ4n) is 3.82. The Labute approximate surface area is 134 Å². The second-order valence-corrected chi connectivity index (χ2v) is 6.38. The molecule has 0 bridgehead atoms. The van der Waals surface area contributed by atoms with Crippen molar-refractivity contribution in [3.63, 3.8) is 0 Å². The van der Waals surface area contributed by atoms with E-state index in [1.165, 1.54) is 0 Å². The minimum atomic E-state index is -0.173. The van der Waals surface area contributed by atoms with Crippen LogP contribution < -0.4 is 5.56 Å². The van der Waals surface area contributed by atoms with E-state index in [4.69, 9.17) is 4.74 Å². The largest absolute Gasteiger partial charge is 0.374 e. The summed E-state index contributed by atoms with van der Waals surface area (Å²) in [5, 5.41) is 0.954. The molecule has 1 N–H and O–H groups in total. The highest BCUT2D eigenvalue weighted by atomic mass is 16.5. The van der Waals surface area contributed by atoms with E-state index >= 15 is 0 Å². The van der Waals surface area contributed by atoms with Crippen LogP contribution in [0.25, 0.3) is 10.9 Å². The number of aromatic nitrogens is 1. The zero-order chi connectivity index (χ0) is 15.8. The summed E-state index contributed by atoms with van der Waals surface area (Å²) in [4.78, 5) is 29.7. The lowest BCUT2D eigenvalue weighted by Crippen LogP contribution is -2.51. The zero-order valence-electron chi connectivity index (χ0n) is 13.0. The second kappa shape index (κ2) is 5.81. The number of nitrogens with zero attached hydrogens (tertiary/aromatic N) is 1. The van der Waals surface area contributed by atoms with Gasteiger partial charge in [-0.2, -0.15) is 0 Å². The van der Waals surface area contributed by atoms with E-state index in [0.717, 1.165) is 30.2 Å². The summed E-state index contributed by atoms with van der Waals surface area (Å²) in [7, 11) is 0. The van der Waals surface area contributed by atoms with Crippen LogP contribution in [-0.4, -0.2) is 41.1 Å². The monoisotopic (exact) mass is 312 g/mol. The van der Waals surface area contributed by atoms with E-state index in [1.807, 2.05) is 35.2 Å². The highest BCUT2D eigenvalue weighted by molar-refractivity contribution is 5.83. The number of aromatic amines is 1. The third-order valence-electron chi connectivity index (χ3n) is 4.97. The van der Waals surface area contributed by atoms with Gasteiger partial charge in [-0.1, -0.05) is 18.2 Å². The average molecular weight is 312 g/mol. The van der Waals surface area contributed by atoms with E-state index in [-0.39, 0.29) is 30.0 Å². The molecule has 1 aliphatic carbocycles. The van der Waals surface area contributed by atoms with E-state index in [9.17, 15) is 9.59 Å². The Morgan fingerprint density at radius 1 is 1.30 bits per heavy atom. The van der Waals surface area contributed by atoms with Crippen LogP contribution in [0.5, 0.6) is 0 Å². The smallest absolute Gasteiger partial charge is 0.252 e. The van der Waals surface area contributed by atoms with E-state index < -0.39 is 0 Å². The van der Waals surface area contributed by atoms with E-state index in [2.05, 4.69) is 4.98 Å². The number of nitrogens with one attached hydrogen (secondary N) is 1. The van der Waals surface area contributed by atoms with Gasteiger partial charge in [0.2, 0.25) is 5.91 Å². The van der Waals surface area contributed by atoms with Crippen LogP contribution in [0, 0.1) is 0 Å². The molecule has 23 heavy (non-hydrogen) atoms. The van der Waals surface area contributed by atoms with Crippen LogP contribution in [0.4, 0.5) is 0 Å². The van der Waals surface area contributed by atoms with Crippen molar-refractivity contribution in [2.45, 2.75) is 37.8 Å². The molecule has 1 aromatic heterocycles. The molecular formula is C18H20N2O3. The van der Waals surface area contributed by atoms with Gasteiger partial charge in [-0.25, -0.2) is 0 Å². The summed E-state index contributed by atoms with van der Waals surface area (Å²) in [6.07, 6.45) is 3.48. The van der Waals surface area contributed by atoms with Gasteiger partial charge in [0.15, 0.2) is 0 Å². The van der Waals surface area contributed by atoms with Gasteiger partial charge >= 0.3 is 0 Å². The molecule has 5 heteroatoms. The lowest BCUT2D eigenvalue weighted by Gasteiger charge is -2.37. The predicted octanol–water partition coefficient (Wildman–Crippen LogP) is 1.85. The van der Waals surface area contributed by atoms with Gasteiger partial charge in [-0.15, -0.1) is 0 Å². The first kappa shape index (κ1) is 14.5.